The number of thiophene rings is 1. The minimum atomic E-state index is -0.247. The summed E-state index contributed by atoms with van der Waals surface area (Å²) < 4.78 is 14.8. The second kappa shape index (κ2) is 7.05. The van der Waals surface area contributed by atoms with Crippen LogP contribution in [-0.4, -0.2) is 19.7 Å². The van der Waals surface area contributed by atoms with Gasteiger partial charge in [-0.1, -0.05) is 12.1 Å². The van der Waals surface area contributed by atoms with Gasteiger partial charge in [-0.2, -0.15) is 16.4 Å². The molecular weight excluding hydrogens is 349 g/mol. The van der Waals surface area contributed by atoms with Crippen LogP contribution < -0.4 is 5.32 Å². The predicted molar refractivity (Wildman–Crippen MR) is 101 cm³/mol. The second-order valence-corrected chi connectivity index (χ2v) is 6.57. The Balaban J connectivity index is 1.67. The summed E-state index contributed by atoms with van der Waals surface area (Å²) >= 11 is 1.63. The smallest absolute Gasteiger partial charge is 0.223 e. The number of nitrogens with zero attached hydrogens (tertiary/aromatic N) is 4. The van der Waals surface area contributed by atoms with Crippen LogP contribution in [0.15, 0.2) is 59.6 Å². The molecule has 0 aliphatic rings. The largest absolute Gasteiger partial charge is 0.350 e. The lowest BCUT2D eigenvalue weighted by atomic mass is 10.1. The summed E-state index contributed by atoms with van der Waals surface area (Å²) in [5.41, 5.74) is 4.73. The molecule has 4 aromatic rings. The molecule has 130 valence electrons. The molecule has 1 N–H and O–H groups in total. The molecular formula is C19H16FN5S. The van der Waals surface area contributed by atoms with Crippen molar-refractivity contribution < 1.29 is 4.39 Å². The van der Waals surface area contributed by atoms with Gasteiger partial charge in [0.05, 0.1) is 5.69 Å². The Morgan fingerprint density at radius 2 is 2.00 bits per heavy atom. The summed E-state index contributed by atoms with van der Waals surface area (Å²) in [5, 5.41) is 11.6. The minimum Gasteiger partial charge on any atom is -0.350 e. The zero-order valence-corrected chi connectivity index (χ0v) is 14.9. The number of aromatic nitrogens is 4. The van der Waals surface area contributed by atoms with E-state index >= 15 is 0 Å². The van der Waals surface area contributed by atoms with Crippen molar-refractivity contribution in [3.05, 3.63) is 70.9 Å². The summed E-state index contributed by atoms with van der Waals surface area (Å²) in [6.07, 6.45) is 3.57. The van der Waals surface area contributed by atoms with Gasteiger partial charge in [-0.3, -0.25) is 4.68 Å². The maximum atomic E-state index is 13.0. The minimum absolute atomic E-state index is 0.247. The molecule has 0 saturated heterocycles. The van der Waals surface area contributed by atoms with Crippen LogP contribution in [0.4, 0.5) is 10.3 Å². The van der Waals surface area contributed by atoms with E-state index in [-0.39, 0.29) is 5.82 Å². The molecule has 0 fully saturated rings. The highest BCUT2D eigenvalue weighted by Gasteiger charge is 2.14. The summed E-state index contributed by atoms with van der Waals surface area (Å²) in [4.78, 5) is 9.16. The maximum Gasteiger partial charge on any atom is 0.223 e. The van der Waals surface area contributed by atoms with E-state index in [1.54, 1.807) is 34.3 Å². The fourth-order valence-electron chi connectivity index (χ4n) is 2.68. The van der Waals surface area contributed by atoms with Crippen molar-refractivity contribution in [2.24, 2.45) is 7.05 Å². The molecule has 3 aromatic heterocycles. The Bertz CT molecular complexity index is 1010. The van der Waals surface area contributed by atoms with E-state index in [0.717, 1.165) is 28.1 Å². The number of rotatable bonds is 5. The molecule has 1 aromatic carbocycles. The molecule has 0 radical (unpaired) electrons. The van der Waals surface area contributed by atoms with Gasteiger partial charge in [-0.05, 0) is 46.2 Å². The highest BCUT2D eigenvalue weighted by atomic mass is 32.1. The SMILES string of the molecule is Cn1nccc1-c1nc(NCc2ccc(F)cc2)ncc1-c1ccsc1. The number of aryl methyl sites for hydroxylation is 1. The van der Waals surface area contributed by atoms with Crippen LogP contribution in [0, 0.1) is 5.82 Å². The van der Waals surface area contributed by atoms with Gasteiger partial charge in [0.2, 0.25) is 5.95 Å². The van der Waals surface area contributed by atoms with E-state index in [0.29, 0.717) is 12.5 Å². The molecule has 0 atom stereocenters. The second-order valence-electron chi connectivity index (χ2n) is 5.79. The molecule has 0 aliphatic carbocycles. The molecule has 0 spiro atoms. The van der Waals surface area contributed by atoms with Crippen molar-refractivity contribution in [2.75, 3.05) is 5.32 Å². The average molecular weight is 365 g/mol. The van der Waals surface area contributed by atoms with Crippen LogP contribution in [0.5, 0.6) is 0 Å². The van der Waals surface area contributed by atoms with Crippen LogP contribution in [-0.2, 0) is 13.6 Å². The summed E-state index contributed by atoms with van der Waals surface area (Å²) in [5.74, 6) is 0.271. The van der Waals surface area contributed by atoms with Crippen LogP contribution in [0.25, 0.3) is 22.5 Å². The lowest BCUT2D eigenvalue weighted by Gasteiger charge is -2.11. The Labute approximate surface area is 154 Å². The molecule has 0 amide bonds. The molecule has 26 heavy (non-hydrogen) atoms. The third kappa shape index (κ3) is 3.34. The van der Waals surface area contributed by atoms with Crippen LogP contribution in [0.3, 0.4) is 0 Å². The molecule has 7 heteroatoms. The Kier molecular flexibility index (Phi) is 4.45. The van der Waals surface area contributed by atoms with Crippen LogP contribution in [0.2, 0.25) is 0 Å². The quantitative estimate of drug-likeness (QED) is 0.571. The van der Waals surface area contributed by atoms with Gasteiger partial charge in [0.15, 0.2) is 0 Å². The first-order chi connectivity index (χ1) is 12.7. The molecule has 3 heterocycles. The van der Waals surface area contributed by atoms with Gasteiger partial charge in [0.25, 0.3) is 0 Å². The number of hydrogen-bond acceptors (Lipinski definition) is 5. The van der Waals surface area contributed by atoms with Crippen molar-refractivity contribution in [1.82, 2.24) is 19.7 Å². The van der Waals surface area contributed by atoms with Gasteiger partial charge < -0.3 is 5.32 Å². The van der Waals surface area contributed by atoms with Gasteiger partial charge in [-0.25, -0.2) is 14.4 Å². The molecule has 5 nitrogen and oxygen atoms in total. The molecule has 4 rings (SSSR count). The zero-order chi connectivity index (χ0) is 17.9. The standard InChI is InChI=1S/C19H16FN5S/c1-25-17(6-8-23-25)18-16(14-7-9-26-12-14)11-22-19(24-18)21-10-13-2-4-15(20)5-3-13/h2-9,11-12H,10H2,1H3,(H,21,22,24). The Morgan fingerprint density at radius 1 is 1.15 bits per heavy atom. The summed E-state index contributed by atoms with van der Waals surface area (Å²) in [6, 6.07) is 10.3. The Hall–Kier alpha value is -3.06. The van der Waals surface area contributed by atoms with Crippen molar-refractivity contribution in [2.45, 2.75) is 6.54 Å². The first kappa shape index (κ1) is 16.4. The fraction of sp³-hybridized carbons (Fsp3) is 0.105. The third-order valence-corrected chi connectivity index (χ3v) is 4.73. The Morgan fingerprint density at radius 3 is 2.69 bits per heavy atom. The van der Waals surface area contributed by atoms with Crippen molar-refractivity contribution in [3.63, 3.8) is 0 Å². The van der Waals surface area contributed by atoms with E-state index in [4.69, 9.17) is 4.98 Å². The van der Waals surface area contributed by atoms with Crippen molar-refractivity contribution in [1.29, 1.82) is 0 Å². The summed E-state index contributed by atoms with van der Waals surface area (Å²) in [7, 11) is 1.89. The normalized spacial score (nSPS) is 10.8. The fourth-order valence-corrected chi connectivity index (χ4v) is 3.34. The van der Waals surface area contributed by atoms with E-state index < -0.39 is 0 Å². The first-order valence-corrected chi connectivity index (χ1v) is 9.01. The number of nitrogens with one attached hydrogen (secondary N) is 1. The van der Waals surface area contributed by atoms with E-state index in [2.05, 4.69) is 26.8 Å². The van der Waals surface area contributed by atoms with Gasteiger partial charge in [0.1, 0.15) is 11.5 Å². The average Bonchev–Trinajstić information content (AvgIpc) is 3.33. The van der Waals surface area contributed by atoms with Crippen molar-refractivity contribution in [3.8, 4) is 22.5 Å². The lowest BCUT2D eigenvalue weighted by molar-refractivity contribution is 0.627. The van der Waals surface area contributed by atoms with E-state index in [1.807, 2.05) is 24.7 Å². The number of benzene rings is 1. The van der Waals surface area contributed by atoms with Crippen LogP contribution >= 0.6 is 11.3 Å². The summed E-state index contributed by atoms with van der Waals surface area (Å²) in [6.45, 7) is 0.517. The molecule has 0 aliphatic heterocycles. The number of halogens is 1. The topological polar surface area (TPSA) is 55.6 Å². The maximum absolute atomic E-state index is 13.0. The molecule has 0 saturated carbocycles. The number of hydrogen-bond donors (Lipinski definition) is 1. The van der Waals surface area contributed by atoms with Gasteiger partial charge >= 0.3 is 0 Å². The molecule has 0 bridgehead atoms. The van der Waals surface area contributed by atoms with E-state index in [9.17, 15) is 4.39 Å². The predicted octanol–water partition coefficient (Wildman–Crippen LogP) is 4.36. The first-order valence-electron chi connectivity index (χ1n) is 8.07. The zero-order valence-electron chi connectivity index (χ0n) is 14.1. The lowest BCUT2D eigenvalue weighted by Crippen LogP contribution is -2.06. The van der Waals surface area contributed by atoms with E-state index in [1.165, 1.54) is 12.1 Å². The third-order valence-electron chi connectivity index (χ3n) is 4.05. The highest BCUT2D eigenvalue weighted by molar-refractivity contribution is 7.08. The van der Waals surface area contributed by atoms with Crippen LogP contribution in [0.1, 0.15) is 5.56 Å². The monoisotopic (exact) mass is 365 g/mol. The molecule has 0 unspecified atom stereocenters. The van der Waals surface area contributed by atoms with Crippen molar-refractivity contribution >= 4 is 17.3 Å². The highest BCUT2D eigenvalue weighted by Crippen LogP contribution is 2.31. The number of anilines is 1. The van der Waals surface area contributed by atoms with Gasteiger partial charge in [-0.15, -0.1) is 0 Å². The van der Waals surface area contributed by atoms with Gasteiger partial charge in [0, 0.05) is 31.5 Å².